The molecule has 3 heterocycles. The lowest BCUT2D eigenvalue weighted by Crippen LogP contribution is -2.20. The summed E-state index contributed by atoms with van der Waals surface area (Å²) >= 11 is 0. The molecule has 0 saturated carbocycles. The Hall–Kier alpha value is -1.65. The van der Waals surface area contributed by atoms with Gasteiger partial charge in [-0.1, -0.05) is 0 Å². The van der Waals surface area contributed by atoms with E-state index in [0.717, 1.165) is 24.7 Å². The van der Waals surface area contributed by atoms with Gasteiger partial charge in [-0.3, -0.25) is 0 Å². The molecule has 0 spiro atoms. The first-order valence-electron chi connectivity index (χ1n) is 4.86. The Labute approximate surface area is 81.4 Å². The fourth-order valence-electron chi connectivity index (χ4n) is 1.85. The Morgan fingerprint density at radius 1 is 1.14 bits per heavy atom. The van der Waals surface area contributed by atoms with E-state index >= 15 is 0 Å². The van der Waals surface area contributed by atoms with Crippen LogP contribution in [0.5, 0.6) is 0 Å². The summed E-state index contributed by atoms with van der Waals surface area (Å²) in [6.45, 7) is 2.13. The number of anilines is 1. The van der Waals surface area contributed by atoms with Crippen molar-refractivity contribution in [3.8, 4) is 0 Å². The van der Waals surface area contributed by atoms with Crippen LogP contribution in [0.25, 0.3) is 5.65 Å². The van der Waals surface area contributed by atoms with Gasteiger partial charge in [0.05, 0.1) is 0 Å². The SMILES string of the molecule is c1cnn2c(N3CCCC3)nnc2c1. The number of fused-ring (bicyclic) bond motifs is 1. The summed E-state index contributed by atoms with van der Waals surface area (Å²) in [6, 6.07) is 3.79. The molecular weight excluding hydrogens is 178 g/mol. The fraction of sp³-hybridized carbons (Fsp3) is 0.444. The molecule has 0 aromatic carbocycles. The maximum atomic E-state index is 4.24. The van der Waals surface area contributed by atoms with Gasteiger partial charge < -0.3 is 4.90 Å². The van der Waals surface area contributed by atoms with E-state index in [2.05, 4.69) is 20.2 Å². The highest BCUT2D eigenvalue weighted by Gasteiger charge is 2.17. The average Bonchev–Trinajstić information content (AvgIpc) is 2.85. The molecule has 72 valence electrons. The van der Waals surface area contributed by atoms with Crippen molar-refractivity contribution in [3.63, 3.8) is 0 Å². The standard InChI is InChI=1S/C9H11N5/c1-2-7-13(6-1)9-12-11-8-4-3-5-10-14(8)9/h3-5H,1-2,6-7H2. The maximum Gasteiger partial charge on any atom is 0.248 e. The highest BCUT2D eigenvalue weighted by atomic mass is 15.5. The lowest BCUT2D eigenvalue weighted by molar-refractivity contribution is 0.833. The van der Waals surface area contributed by atoms with Crippen molar-refractivity contribution in [1.29, 1.82) is 0 Å². The van der Waals surface area contributed by atoms with Gasteiger partial charge in [0.2, 0.25) is 5.95 Å². The molecule has 1 aliphatic heterocycles. The van der Waals surface area contributed by atoms with Crippen LogP contribution < -0.4 is 4.90 Å². The highest BCUT2D eigenvalue weighted by Crippen LogP contribution is 2.17. The molecule has 2 aromatic rings. The van der Waals surface area contributed by atoms with Crippen LogP contribution in [-0.2, 0) is 0 Å². The first kappa shape index (κ1) is 7.73. The lowest BCUT2D eigenvalue weighted by atomic mass is 10.4. The zero-order chi connectivity index (χ0) is 9.38. The molecule has 5 heteroatoms. The normalized spacial score (nSPS) is 16.7. The van der Waals surface area contributed by atoms with Crippen LogP contribution in [-0.4, -0.2) is 32.9 Å². The van der Waals surface area contributed by atoms with Crippen molar-refractivity contribution in [2.45, 2.75) is 12.8 Å². The van der Waals surface area contributed by atoms with E-state index in [1.165, 1.54) is 12.8 Å². The Morgan fingerprint density at radius 2 is 2.00 bits per heavy atom. The monoisotopic (exact) mass is 189 g/mol. The Balaban J connectivity index is 2.11. The summed E-state index contributed by atoms with van der Waals surface area (Å²) < 4.78 is 1.80. The van der Waals surface area contributed by atoms with E-state index in [1.807, 2.05) is 12.1 Å². The maximum absolute atomic E-state index is 4.24. The molecule has 1 aliphatic rings. The van der Waals surface area contributed by atoms with Crippen molar-refractivity contribution >= 4 is 11.6 Å². The van der Waals surface area contributed by atoms with Gasteiger partial charge in [-0.2, -0.15) is 9.61 Å². The molecule has 3 rings (SSSR count). The minimum atomic E-state index is 0.814. The lowest BCUT2D eigenvalue weighted by Gasteiger charge is -2.12. The van der Waals surface area contributed by atoms with Gasteiger partial charge in [-0.15, -0.1) is 10.2 Å². The molecule has 0 unspecified atom stereocenters. The highest BCUT2D eigenvalue weighted by molar-refractivity contribution is 5.44. The van der Waals surface area contributed by atoms with Gasteiger partial charge in [0.15, 0.2) is 5.65 Å². The number of hydrogen-bond acceptors (Lipinski definition) is 4. The average molecular weight is 189 g/mol. The summed E-state index contributed by atoms with van der Waals surface area (Å²) in [5, 5.41) is 12.5. The second-order valence-corrected chi connectivity index (χ2v) is 3.49. The van der Waals surface area contributed by atoms with Gasteiger partial charge in [-0.05, 0) is 25.0 Å². The van der Waals surface area contributed by atoms with Gasteiger partial charge in [-0.25, -0.2) is 0 Å². The molecule has 0 aliphatic carbocycles. The van der Waals surface area contributed by atoms with E-state index in [0.29, 0.717) is 0 Å². The molecule has 0 bridgehead atoms. The summed E-state index contributed by atoms with van der Waals surface area (Å²) in [7, 11) is 0. The Morgan fingerprint density at radius 3 is 2.86 bits per heavy atom. The fourth-order valence-corrected chi connectivity index (χ4v) is 1.85. The summed E-state index contributed by atoms with van der Waals surface area (Å²) in [4.78, 5) is 2.23. The molecule has 14 heavy (non-hydrogen) atoms. The smallest absolute Gasteiger partial charge is 0.248 e. The molecule has 0 amide bonds. The van der Waals surface area contributed by atoms with E-state index in [1.54, 1.807) is 10.7 Å². The van der Waals surface area contributed by atoms with Gasteiger partial charge in [0.1, 0.15) is 0 Å². The number of hydrogen-bond donors (Lipinski definition) is 0. The van der Waals surface area contributed by atoms with Gasteiger partial charge in [0, 0.05) is 19.3 Å². The van der Waals surface area contributed by atoms with Crippen LogP contribution in [0.3, 0.4) is 0 Å². The number of nitrogens with zero attached hydrogens (tertiary/aromatic N) is 5. The Bertz CT molecular complexity index is 443. The number of rotatable bonds is 1. The van der Waals surface area contributed by atoms with Crippen molar-refractivity contribution in [3.05, 3.63) is 18.3 Å². The Kier molecular flexibility index (Phi) is 1.62. The third-order valence-electron chi connectivity index (χ3n) is 2.55. The molecule has 1 saturated heterocycles. The second kappa shape index (κ2) is 2.94. The predicted octanol–water partition coefficient (Wildman–Crippen LogP) is 0.724. The zero-order valence-corrected chi connectivity index (χ0v) is 7.80. The summed E-state index contributed by atoms with van der Waals surface area (Å²) in [5.41, 5.74) is 0.814. The zero-order valence-electron chi connectivity index (χ0n) is 7.80. The van der Waals surface area contributed by atoms with Gasteiger partial charge in [0.25, 0.3) is 0 Å². The van der Waals surface area contributed by atoms with Crippen molar-refractivity contribution < 1.29 is 0 Å². The van der Waals surface area contributed by atoms with Crippen LogP contribution >= 0.6 is 0 Å². The van der Waals surface area contributed by atoms with Crippen molar-refractivity contribution in [1.82, 2.24) is 19.8 Å². The summed E-state index contributed by atoms with van der Waals surface area (Å²) in [6.07, 6.45) is 4.24. The van der Waals surface area contributed by atoms with Crippen LogP contribution in [0.1, 0.15) is 12.8 Å². The predicted molar refractivity (Wildman–Crippen MR) is 52.2 cm³/mol. The molecule has 0 radical (unpaired) electrons. The van der Waals surface area contributed by atoms with E-state index < -0.39 is 0 Å². The van der Waals surface area contributed by atoms with Crippen LogP contribution in [0.4, 0.5) is 5.95 Å². The number of aromatic nitrogens is 4. The first-order valence-corrected chi connectivity index (χ1v) is 4.86. The largest absolute Gasteiger partial charge is 0.339 e. The van der Waals surface area contributed by atoms with Crippen molar-refractivity contribution in [2.75, 3.05) is 18.0 Å². The molecule has 0 N–H and O–H groups in total. The molecule has 2 aromatic heterocycles. The topological polar surface area (TPSA) is 46.3 Å². The third-order valence-corrected chi connectivity index (χ3v) is 2.55. The van der Waals surface area contributed by atoms with Crippen molar-refractivity contribution in [2.24, 2.45) is 0 Å². The second-order valence-electron chi connectivity index (χ2n) is 3.49. The first-order chi connectivity index (χ1) is 6.95. The van der Waals surface area contributed by atoms with Crippen LogP contribution in [0.2, 0.25) is 0 Å². The van der Waals surface area contributed by atoms with E-state index in [9.17, 15) is 0 Å². The van der Waals surface area contributed by atoms with E-state index in [4.69, 9.17) is 0 Å². The minimum absolute atomic E-state index is 0.814. The molecule has 0 atom stereocenters. The molecular formula is C9H11N5. The quantitative estimate of drug-likeness (QED) is 0.663. The minimum Gasteiger partial charge on any atom is -0.339 e. The van der Waals surface area contributed by atoms with Crippen LogP contribution in [0, 0.1) is 0 Å². The van der Waals surface area contributed by atoms with E-state index in [-0.39, 0.29) is 0 Å². The van der Waals surface area contributed by atoms with Gasteiger partial charge >= 0.3 is 0 Å². The molecule has 1 fully saturated rings. The third kappa shape index (κ3) is 1.05. The summed E-state index contributed by atoms with van der Waals surface area (Å²) in [5.74, 6) is 0.873. The molecule has 5 nitrogen and oxygen atoms in total. The van der Waals surface area contributed by atoms with Crippen LogP contribution in [0.15, 0.2) is 18.3 Å².